The van der Waals surface area contributed by atoms with Crippen molar-refractivity contribution in [3.63, 3.8) is 0 Å². The molecule has 0 amide bonds. The Hall–Kier alpha value is -4.64. The summed E-state index contributed by atoms with van der Waals surface area (Å²) in [6, 6.07) is 32.5. The molecule has 4 nitrogen and oxygen atoms in total. The predicted molar refractivity (Wildman–Crippen MR) is 161 cm³/mol. The van der Waals surface area contributed by atoms with Gasteiger partial charge in [0.1, 0.15) is 5.54 Å². The first-order valence-electron chi connectivity index (χ1n) is 14.2. The van der Waals surface area contributed by atoms with Crippen LogP contribution in [0.3, 0.4) is 0 Å². The number of pyridine rings is 1. The van der Waals surface area contributed by atoms with Gasteiger partial charge >= 0.3 is 0 Å². The summed E-state index contributed by atoms with van der Waals surface area (Å²) in [5, 5.41) is 0. The molecule has 2 aromatic heterocycles. The molecule has 0 bridgehead atoms. The van der Waals surface area contributed by atoms with Crippen LogP contribution in [0.15, 0.2) is 122 Å². The molecule has 1 saturated carbocycles. The molecule has 2 heterocycles. The molecule has 0 saturated heterocycles. The lowest BCUT2D eigenvalue weighted by Crippen LogP contribution is -2.36. The smallest absolute Gasteiger partial charge is 0.213 e. The Balaban J connectivity index is 1.48. The summed E-state index contributed by atoms with van der Waals surface area (Å²) in [5.41, 5.74) is 4.42. The molecule has 0 unspecified atom stereocenters. The maximum Gasteiger partial charge on any atom is 0.213 e. The molecule has 1 aliphatic carbocycles. The fraction of sp³-hybridized carbons (Fsp3) is 0.194. The molecule has 0 aliphatic heterocycles. The fourth-order valence-electron chi connectivity index (χ4n) is 6.12. The van der Waals surface area contributed by atoms with Crippen LogP contribution in [0.5, 0.6) is 0 Å². The third kappa shape index (κ3) is 5.28. The molecule has 0 radical (unpaired) electrons. The monoisotopic (exact) mass is 541 g/mol. The van der Waals surface area contributed by atoms with Crippen LogP contribution in [-0.2, 0) is 10.3 Å². The van der Waals surface area contributed by atoms with Crippen molar-refractivity contribution in [2.45, 2.75) is 37.6 Å². The van der Waals surface area contributed by atoms with Crippen LogP contribution < -0.4 is 0 Å². The fourth-order valence-corrected chi connectivity index (χ4v) is 6.12. The van der Waals surface area contributed by atoms with Gasteiger partial charge in [-0.15, -0.1) is 0 Å². The highest BCUT2D eigenvalue weighted by Crippen LogP contribution is 2.41. The molecule has 1 aliphatic rings. The van der Waals surface area contributed by atoms with Gasteiger partial charge in [-0.3, -0.25) is 4.79 Å². The molecule has 5 aromatic rings. The van der Waals surface area contributed by atoms with Gasteiger partial charge in [0.15, 0.2) is 5.78 Å². The minimum absolute atomic E-state index is 0.0533. The first kappa shape index (κ1) is 26.6. The number of halogens is 1. The number of carbonyl (C=O) groups is 1. The van der Waals surface area contributed by atoms with E-state index in [0.717, 1.165) is 42.4 Å². The summed E-state index contributed by atoms with van der Waals surface area (Å²) in [4.78, 5) is 21.7. The summed E-state index contributed by atoms with van der Waals surface area (Å²) in [7, 11) is 0. The Labute approximate surface area is 240 Å². The van der Waals surface area contributed by atoms with Gasteiger partial charge in [0, 0.05) is 29.9 Å². The second-order valence-electron chi connectivity index (χ2n) is 10.6. The van der Waals surface area contributed by atoms with E-state index in [-0.39, 0.29) is 11.7 Å². The molecule has 204 valence electrons. The number of rotatable bonds is 8. The first-order chi connectivity index (χ1) is 20.2. The third-order valence-corrected chi connectivity index (χ3v) is 8.16. The van der Waals surface area contributed by atoms with Crippen molar-refractivity contribution in [3.8, 4) is 11.3 Å². The van der Waals surface area contributed by atoms with Gasteiger partial charge < -0.3 is 4.57 Å². The van der Waals surface area contributed by atoms with Gasteiger partial charge in [0.05, 0.1) is 12.0 Å². The summed E-state index contributed by atoms with van der Waals surface area (Å²) in [5.74, 6) is -0.433. The van der Waals surface area contributed by atoms with E-state index in [1.165, 1.54) is 18.7 Å². The van der Waals surface area contributed by atoms with Crippen LogP contribution in [-0.4, -0.2) is 20.3 Å². The maximum absolute atomic E-state index is 14.3. The molecule has 1 fully saturated rings. The highest BCUT2D eigenvalue weighted by molar-refractivity contribution is 5.96. The predicted octanol–water partition coefficient (Wildman–Crippen LogP) is 8.09. The van der Waals surface area contributed by atoms with Crippen molar-refractivity contribution in [2.24, 2.45) is 5.92 Å². The highest BCUT2D eigenvalue weighted by atomic mass is 19.1. The van der Waals surface area contributed by atoms with Crippen molar-refractivity contribution < 1.29 is 9.18 Å². The van der Waals surface area contributed by atoms with Crippen LogP contribution >= 0.6 is 0 Å². The Bertz CT molecular complexity index is 1540. The van der Waals surface area contributed by atoms with Crippen LogP contribution in [0.2, 0.25) is 0 Å². The van der Waals surface area contributed by atoms with E-state index in [2.05, 4.69) is 45.9 Å². The van der Waals surface area contributed by atoms with Gasteiger partial charge in [-0.1, -0.05) is 116 Å². The van der Waals surface area contributed by atoms with Crippen molar-refractivity contribution in [3.05, 3.63) is 150 Å². The third-order valence-electron chi connectivity index (χ3n) is 8.16. The van der Waals surface area contributed by atoms with E-state index < -0.39 is 11.5 Å². The van der Waals surface area contributed by atoms with Crippen LogP contribution in [0.4, 0.5) is 4.39 Å². The second kappa shape index (κ2) is 11.8. The van der Waals surface area contributed by atoms with E-state index >= 15 is 0 Å². The zero-order valence-electron chi connectivity index (χ0n) is 22.9. The topological polar surface area (TPSA) is 47.8 Å². The number of hydrogen-bond donors (Lipinski definition) is 0. The SMILES string of the molecule is O=C(/C=C/c1cc(F)ncc1-c1cn(C(c2ccccc2)(c2ccccc2)c2ccccc2)cn1)C1CCCCC1. The van der Waals surface area contributed by atoms with Crippen LogP contribution in [0.25, 0.3) is 17.3 Å². The number of ketones is 1. The minimum atomic E-state index is -0.713. The number of hydrogen-bond acceptors (Lipinski definition) is 3. The van der Waals surface area contributed by atoms with E-state index in [4.69, 9.17) is 4.98 Å². The Morgan fingerprint density at radius 2 is 1.37 bits per heavy atom. The average Bonchev–Trinajstić information content (AvgIpc) is 3.52. The van der Waals surface area contributed by atoms with Gasteiger partial charge in [0.25, 0.3) is 0 Å². The molecule has 5 heteroatoms. The van der Waals surface area contributed by atoms with Crippen molar-refractivity contribution in [1.29, 1.82) is 0 Å². The Kier molecular flexibility index (Phi) is 7.68. The summed E-state index contributed by atoms with van der Waals surface area (Å²) in [6.07, 6.45) is 13.8. The quantitative estimate of drug-likeness (QED) is 0.113. The Morgan fingerprint density at radius 1 is 0.805 bits per heavy atom. The zero-order chi connectivity index (χ0) is 28.1. The van der Waals surface area contributed by atoms with Crippen LogP contribution in [0.1, 0.15) is 54.4 Å². The van der Waals surface area contributed by atoms with E-state index in [1.54, 1.807) is 12.2 Å². The normalized spacial score (nSPS) is 14.4. The largest absolute Gasteiger partial charge is 0.318 e. The second-order valence-corrected chi connectivity index (χ2v) is 10.6. The molecule has 3 aromatic carbocycles. The van der Waals surface area contributed by atoms with E-state index in [9.17, 15) is 9.18 Å². The molecule has 0 spiro atoms. The van der Waals surface area contributed by atoms with Crippen molar-refractivity contribution in [2.75, 3.05) is 0 Å². The van der Waals surface area contributed by atoms with Gasteiger partial charge in [-0.25, -0.2) is 9.97 Å². The number of aromatic nitrogens is 3. The highest BCUT2D eigenvalue weighted by Gasteiger charge is 2.38. The summed E-state index contributed by atoms with van der Waals surface area (Å²) >= 11 is 0. The molecule has 41 heavy (non-hydrogen) atoms. The first-order valence-corrected chi connectivity index (χ1v) is 14.2. The van der Waals surface area contributed by atoms with Gasteiger partial charge in [0.2, 0.25) is 5.95 Å². The van der Waals surface area contributed by atoms with Crippen molar-refractivity contribution >= 4 is 11.9 Å². The summed E-state index contributed by atoms with van der Waals surface area (Å²) < 4.78 is 16.5. The number of allylic oxidation sites excluding steroid dienone is 1. The molecule has 0 atom stereocenters. The maximum atomic E-state index is 14.3. The van der Waals surface area contributed by atoms with Crippen LogP contribution in [0, 0.1) is 11.9 Å². The van der Waals surface area contributed by atoms with Crippen molar-refractivity contribution in [1.82, 2.24) is 14.5 Å². The zero-order valence-corrected chi connectivity index (χ0v) is 22.9. The number of nitrogens with zero attached hydrogens (tertiary/aromatic N) is 3. The lowest BCUT2D eigenvalue weighted by atomic mass is 9.77. The molecule has 0 N–H and O–H groups in total. The van der Waals surface area contributed by atoms with E-state index in [1.807, 2.05) is 67.1 Å². The lowest BCUT2D eigenvalue weighted by molar-refractivity contribution is -0.119. The molecular weight excluding hydrogens is 509 g/mol. The lowest BCUT2D eigenvalue weighted by Gasteiger charge is -2.37. The van der Waals surface area contributed by atoms with E-state index in [0.29, 0.717) is 16.8 Å². The summed E-state index contributed by atoms with van der Waals surface area (Å²) in [6.45, 7) is 0. The number of imidazole rings is 1. The number of benzene rings is 3. The van der Waals surface area contributed by atoms with Gasteiger partial charge in [-0.2, -0.15) is 4.39 Å². The number of carbonyl (C=O) groups excluding carboxylic acids is 1. The van der Waals surface area contributed by atoms with Gasteiger partial charge in [-0.05, 0) is 41.2 Å². The Morgan fingerprint density at radius 3 is 1.93 bits per heavy atom. The molecule has 6 rings (SSSR count). The minimum Gasteiger partial charge on any atom is -0.318 e. The average molecular weight is 542 g/mol. The standard InChI is InChI=1S/C36H32FN3O/c37-35-23-28(21-22-34(41)27-13-5-1-6-14-27)32(24-38-35)33-25-40(26-39-33)36(29-15-7-2-8-16-29,30-17-9-3-10-18-30)31-19-11-4-12-20-31/h2-4,7-12,15-27H,1,5-6,13-14H2/b22-21+. The molecular formula is C36H32FN3O.